The third-order valence-corrected chi connectivity index (χ3v) is 3.78. The first-order valence-corrected chi connectivity index (χ1v) is 6.85. The van der Waals surface area contributed by atoms with Gasteiger partial charge in [0, 0.05) is 44.1 Å². The number of amides is 1. The van der Waals surface area contributed by atoms with E-state index in [0.29, 0.717) is 15.7 Å². The zero-order valence-electron chi connectivity index (χ0n) is 11.2. The maximum Gasteiger partial charge on any atom is 0.414 e. The minimum Gasteiger partial charge on any atom is -0.674 e. The Labute approximate surface area is 165 Å². The number of cyclic esters (lactones) is 1. The number of carbonyl (C=O) groups excluding carboxylic acids is 1. The number of aromatic nitrogens is 2. The summed E-state index contributed by atoms with van der Waals surface area (Å²) in [7, 11) is 0. The van der Waals surface area contributed by atoms with Gasteiger partial charge in [-0.3, -0.25) is 4.90 Å². The van der Waals surface area contributed by atoms with Gasteiger partial charge in [0.2, 0.25) is 11.6 Å². The number of ether oxygens (including phenoxy) is 1. The van der Waals surface area contributed by atoms with E-state index in [4.69, 9.17) is 10.5 Å². The van der Waals surface area contributed by atoms with E-state index in [9.17, 15) is 9.18 Å². The van der Waals surface area contributed by atoms with Gasteiger partial charge in [-0.15, -0.1) is 6.54 Å². The van der Waals surface area contributed by atoms with Crippen LogP contribution >= 0.6 is 11.8 Å². The quantitative estimate of drug-likeness (QED) is 0.597. The van der Waals surface area contributed by atoms with Crippen LogP contribution in [0, 0.1) is 49.9 Å². The van der Waals surface area contributed by atoms with E-state index in [1.165, 1.54) is 17.0 Å². The van der Waals surface area contributed by atoms with E-state index >= 15 is 0 Å². The topological polar surface area (TPSA) is 92.3 Å². The first kappa shape index (κ1) is 17.7. The summed E-state index contributed by atoms with van der Waals surface area (Å²) in [5.41, 5.74) is 7.62. The molecule has 0 spiro atoms. The molecule has 2 aromatic rings. The molecular weight excluding hydrogens is 526 g/mol. The second kappa shape index (κ2) is 7.73. The molecule has 10 heteroatoms. The van der Waals surface area contributed by atoms with Crippen molar-refractivity contribution in [1.29, 1.82) is 0 Å². The molecule has 1 aromatic heterocycles. The van der Waals surface area contributed by atoms with Crippen molar-refractivity contribution in [2.24, 2.45) is 0 Å². The fraction of sp³-hybridized carbons (Fsp3) is 0.250. The van der Waals surface area contributed by atoms with Crippen molar-refractivity contribution < 1.29 is 62.5 Å². The second-order valence-corrected chi connectivity index (χ2v) is 5.26. The molecule has 1 atom stereocenters. The third kappa shape index (κ3) is 3.79. The molecule has 1 amide bonds. The van der Waals surface area contributed by atoms with E-state index in [2.05, 4.69) is 14.7 Å². The summed E-state index contributed by atoms with van der Waals surface area (Å²) in [5.74, 6) is -0.496. The van der Waals surface area contributed by atoms with Crippen LogP contribution in [0.4, 0.5) is 14.9 Å². The Bertz CT molecular complexity index is 658. The van der Waals surface area contributed by atoms with Crippen molar-refractivity contribution in [2.45, 2.75) is 16.2 Å². The van der Waals surface area contributed by atoms with Crippen molar-refractivity contribution in [3.63, 3.8) is 0 Å². The average Bonchev–Trinajstić information content (AvgIpc) is 3.10. The Morgan fingerprint density at radius 2 is 2.32 bits per heavy atom. The molecule has 1 radical (unpaired) electrons. The summed E-state index contributed by atoms with van der Waals surface area (Å²) < 4.78 is 23.6. The number of hydrogen-bond acceptors (Lipinski definition) is 6. The molecule has 1 aromatic carbocycles. The van der Waals surface area contributed by atoms with Gasteiger partial charge in [0.15, 0.2) is 0 Å². The van der Waals surface area contributed by atoms with Gasteiger partial charge in [0.25, 0.3) is 0 Å². The largest absolute Gasteiger partial charge is 0.674 e. The van der Waals surface area contributed by atoms with Crippen molar-refractivity contribution in [1.82, 2.24) is 10.1 Å². The maximum atomic E-state index is 14.1. The second-order valence-electron chi connectivity index (χ2n) is 4.25. The first-order chi connectivity index (χ1) is 10.2. The number of benzene rings is 1. The zero-order chi connectivity index (χ0) is 14.8. The molecule has 0 aliphatic carbocycles. The molecule has 0 saturated carbocycles. The number of anilines is 1. The molecule has 1 aliphatic heterocycles. The van der Waals surface area contributed by atoms with Crippen molar-refractivity contribution in [3.05, 3.63) is 36.1 Å². The average molecular weight is 536 g/mol. The van der Waals surface area contributed by atoms with Gasteiger partial charge >= 0.3 is 6.09 Å². The standard InChI is InChI=1S/C12H10FN4O3S.Ac/c13-9-3-7(17-5-8(4-14)20-12(17)18)1-2-10(9)21-11-15-6-19-16-11;/h1-3,6,8,14H,4-5H2;/q-1;/t8-;/m0./s1. The van der Waals surface area contributed by atoms with E-state index in [0.717, 1.165) is 18.2 Å². The molecule has 2 heterocycles. The van der Waals surface area contributed by atoms with Crippen LogP contribution in [0.25, 0.3) is 5.73 Å². The Hall–Kier alpha value is -0.688. The van der Waals surface area contributed by atoms with Gasteiger partial charge in [-0.05, 0) is 30.0 Å². The van der Waals surface area contributed by atoms with Crippen LogP contribution in [0.3, 0.4) is 0 Å². The SMILES string of the molecule is [Ac].[NH-]C[C@H]1CN(c2ccc(Sc3ncon3)c(F)c2)C(=O)O1. The Morgan fingerprint density at radius 1 is 1.50 bits per heavy atom. The zero-order valence-corrected chi connectivity index (χ0v) is 16.8. The monoisotopic (exact) mass is 536 g/mol. The molecule has 3 rings (SSSR count). The third-order valence-electron chi connectivity index (χ3n) is 2.87. The summed E-state index contributed by atoms with van der Waals surface area (Å²) in [5, 5.41) is 3.89. The molecule has 0 unspecified atom stereocenters. The van der Waals surface area contributed by atoms with Gasteiger partial charge in [-0.25, -0.2) is 9.18 Å². The summed E-state index contributed by atoms with van der Waals surface area (Å²) in [4.78, 5) is 17.1. The molecule has 1 N–H and O–H groups in total. The van der Waals surface area contributed by atoms with Crippen molar-refractivity contribution >= 4 is 23.5 Å². The predicted molar refractivity (Wildman–Crippen MR) is 71.6 cm³/mol. The minimum absolute atomic E-state index is 0. The van der Waals surface area contributed by atoms with Crippen LogP contribution in [0.15, 0.2) is 39.2 Å². The Morgan fingerprint density at radius 3 is 2.91 bits per heavy atom. The maximum absolute atomic E-state index is 14.1. The molecule has 22 heavy (non-hydrogen) atoms. The number of hydrogen-bond donors (Lipinski definition) is 0. The normalized spacial score (nSPS) is 17.3. The molecule has 1 saturated heterocycles. The number of rotatable bonds is 4. The van der Waals surface area contributed by atoms with Crippen LogP contribution in [-0.4, -0.2) is 35.4 Å². The number of nitrogens with zero attached hydrogens (tertiary/aromatic N) is 3. The number of carbonyl (C=O) groups is 1. The summed E-state index contributed by atoms with van der Waals surface area (Å²) in [6, 6.07) is 4.39. The molecule has 7 nitrogen and oxygen atoms in total. The van der Waals surface area contributed by atoms with Gasteiger partial charge in [0.1, 0.15) is 11.9 Å². The predicted octanol–water partition coefficient (Wildman–Crippen LogP) is 2.74. The van der Waals surface area contributed by atoms with Gasteiger partial charge in [-0.2, -0.15) is 4.98 Å². The van der Waals surface area contributed by atoms with E-state index in [1.54, 1.807) is 6.07 Å². The summed E-state index contributed by atoms with van der Waals surface area (Å²) in [6.45, 7) is 0.232. The molecule has 0 bridgehead atoms. The number of halogens is 1. The van der Waals surface area contributed by atoms with Gasteiger partial charge in [-0.1, -0.05) is 5.16 Å². The summed E-state index contributed by atoms with van der Waals surface area (Å²) >= 11 is 1.02. The van der Waals surface area contributed by atoms with Crippen LogP contribution < -0.4 is 4.90 Å². The van der Waals surface area contributed by atoms with Crippen LogP contribution in [-0.2, 0) is 4.74 Å². The Kier molecular flexibility index (Phi) is 6.20. The van der Waals surface area contributed by atoms with E-state index in [1.807, 2.05) is 0 Å². The molecule has 1 fully saturated rings. The van der Waals surface area contributed by atoms with Crippen LogP contribution in [0.5, 0.6) is 0 Å². The van der Waals surface area contributed by atoms with Gasteiger partial charge < -0.3 is 15.0 Å². The molecular formula is C12H10AcFN4O3S-. The minimum atomic E-state index is -0.565. The van der Waals surface area contributed by atoms with Crippen molar-refractivity contribution in [2.75, 3.05) is 18.0 Å². The van der Waals surface area contributed by atoms with Gasteiger partial charge in [0.05, 0.1) is 17.1 Å². The van der Waals surface area contributed by atoms with Crippen LogP contribution in [0.2, 0.25) is 0 Å². The van der Waals surface area contributed by atoms with Crippen molar-refractivity contribution in [3.8, 4) is 0 Å². The fourth-order valence-corrected chi connectivity index (χ4v) is 2.55. The van der Waals surface area contributed by atoms with E-state index < -0.39 is 18.0 Å². The fourth-order valence-electron chi connectivity index (χ4n) is 1.88. The van der Waals surface area contributed by atoms with Crippen LogP contribution in [0.1, 0.15) is 0 Å². The van der Waals surface area contributed by atoms with E-state index in [-0.39, 0.29) is 57.2 Å². The smallest absolute Gasteiger partial charge is 0.414 e. The first-order valence-electron chi connectivity index (χ1n) is 6.04. The summed E-state index contributed by atoms with van der Waals surface area (Å²) in [6.07, 6.45) is 0.120. The number of nitrogens with one attached hydrogen (secondary N) is 1. The molecule has 113 valence electrons. The Balaban J connectivity index is 0.00000176. The molecule has 1 aliphatic rings.